The Morgan fingerprint density at radius 2 is 2.32 bits per heavy atom. The van der Waals surface area contributed by atoms with E-state index in [0.717, 1.165) is 10.4 Å². The molecular weight excluding hydrogens is 302 g/mol. The van der Waals surface area contributed by atoms with Crippen LogP contribution in [0, 0.1) is 6.92 Å². The predicted molar refractivity (Wildman–Crippen MR) is 85.5 cm³/mol. The Morgan fingerprint density at radius 3 is 2.95 bits per heavy atom. The fourth-order valence-electron chi connectivity index (χ4n) is 2.42. The standard InChI is InChI=1S/C15H23N3O3S/c1-11-4-8-22-13(11)10-17(2)14(19)15(20)18-6-7-21-12(9-18)3-5-16/h4,8,12H,3,5-7,9-10,16H2,1-2H3. The van der Waals surface area contributed by atoms with Crippen molar-refractivity contribution in [2.24, 2.45) is 5.73 Å². The third-order valence-corrected chi connectivity index (χ3v) is 4.80. The largest absolute Gasteiger partial charge is 0.374 e. The van der Waals surface area contributed by atoms with E-state index in [-0.39, 0.29) is 6.10 Å². The molecule has 1 aromatic rings. The zero-order chi connectivity index (χ0) is 16.1. The lowest BCUT2D eigenvalue weighted by molar-refractivity contribution is -0.155. The van der Waals surface area contributed by atoms with Gasteiger partial charge in [0, 0.05) is 25.0 Å². The number of aryl methyl sites for hydroxylation is 1. The minimum absolute atomic E-state index is 0.0691. The third-order valence-electron chi connectivity index (χ3n) is 3.79. The summed E-state index contributed by atoms with van der Waals surface area (Å²) in [6.45, 7) is 4.33. The van der Waals surface area contributed by atoms with Crippen LogP contribution in [-0.2, 0) is 20.9 Å². The van der Waals surface area contributed by atoms with Crippen molar-refractivity contribution in [3.63, 3.8) is 0 Å². The van der Waals surface area contributed by atoms with Gasteiger partial charge in [0.25, 0.3) is 0 Å². The van der Waals surface area contributed by atoms with Crippen LogP contribution in [0.2, 0.25) is 0 Å². The van der Waals surface area contributed by atoms with Gasteiger partial charge < -0.3 is 20.3 Å². The van der Waals surface area contributed by atoms with Crippen molar-refractivity contribution in [2.45, 2.75) is 26.0 Å². The number of morpholine rings is 1. The number of hydrogen-bond donors (Lipinski definition) is 1. The molecule has 0 aromatic carbocycles. The van der Waals surface area contributed by atoms with Gasteiger partial charge in [-0.15, -0.1) is 11.3 Å². The van der Waals surface area contributed by atoms with E-state index >= 15 is 0 Å². The highest BCUT2D eigenvalue weighted by Gasteiger charge is 2.30. The number of carbonyl (C=O) groups is 2. The van der Waals surface area contributed by atoms with E-state index in [9.17, 15) is 9.59 Å². The summed E-state index contributed by atoms with van der Waals surface area (Å²) in [4.78, 5) is 28.8. The number of carbonyl (C=O) groups excluding carboxylic acids is 2. The van der Waals surface area contributed by atoms with Gasteiger partial charge in [0.15, 0.2) is 0 Å². The normalized spacial score (nSPS) is 18.3. The Kier molecular flexibility index (Phi) is 5.93. The number of thiophene rings is 1. The lowest BCUT2D eigenvalue weighted by Gasteiger charge is -2.33. The van der Waals surface area contributed by atoms with Gasteiger partial charge in [0.2, 0.25) is 0 Å². The van der Waals surface area contributed by atoms with E-state index < -0.39 is 11.8 Å². The van der Waals surface area contributed by atoms with Crippen LogP contribution in [0.25, 0.3) is 0 Å². The van der Waals surface area contributed by atoms with Crippen molar-refractivity contribution >= 4 is 23.2 Å². The van der Waals surface area contributed by atoms with Crippen molar-refractivity contribution in [1.29, 1.82) is 0 Å². The Hall–Kier alpha value is -1.44. The Balaban J connectivity index is 1.93. The van der Waals surface area contributed by atoms with Gasteiger partial charge in [-0.1, -0.05) is 0 Å². The molecule has 0 bridgehead atoms. The van der Waals surface area contributed by atoms with Gasteiger partial charge in [-0.25, -0.2) is 0 Å². The van der Waals surface area contributed by atoms with Crippen LogP contribution in [-0.4, -0.2) is 61.0 Å². The molecule has 1 aliphatic heterocycles. The molecule has 2 N–H and O–H groups in total. The van der Waals surface area contributed by atoms with Crippen LogP contribution >= 0.6 is 11.3 Å². The monoisotopic (exact) mass is 325 g/mol. The van der Waals surface area contributed by atoms with E-state index in [1.807, 2.05) is 18.4 Å². The summed E-state index contributed by atoms with van der Waals surface area (Å²) in [6, 6.07) is 2.01. The topological polar surface area (TPSA) is 75.9 Å². The molecule has 1 fully saturated rings. The SMILES string of the molecule is Cc1ccsc1CN(C)C(=O)C(=O)N1CCOC(CCN)C1. The molecule has 6 nitrogen and oxygen atoms in total. The van der Waals surface area contributed by atoms with Gasteiger partial charge in [-0.2, -0.15) is 0 Å². The van der Waals surface area contributed by atoms with Gasteiger partial charge in [-0.3, -0.25) is 9.59 Å². The van der Waals surface area contributed by atoms with Gasteiger partial charge in [0.1, 0.15) is 0 Å². The van der Waals surface area contributed by atoms with Crippen LogP contribution in [0.1, 0.15) is 16.9 Å². The number of amides is 2. The van der Waals surface area contributed by atoms with Crippen LogP contribution in [0.3, 0.4) is 0 Å². The predicted octanol–water partition coefficient (Wildman–Crippen LogP) is 0.591. The quantitative estimate of drug-likeness (QED) is 0.822. The molecule has 0 spiro atoms. The minimum Gasteiger partial charge on any atom is -0.374 e. The van der Waals surface area contributed by atoms with Crippen LogP contribution in [0.4, 0.5) is 0 Å². The van der Waals surface area contributed by atoms with E-state index in [4.69, 9.17) is 10.5 Å². The van der Waals surface area contributed by atoms with Crippen LogP contribution < -0.4 is 5.73 Å². The Morgan fingerprint density at radius 1 is 1.55 bits per heavy atom. The molecule has 0 radical (unpaired) electrons. The second-order valence-corrected chi connectivity index (χ2v) is 6.51. The molecule has 1 aliphatic rings. The Bertz CT molecular complexity index is 530. The van der Waals surface area contributed by atoms with E-state index in [0.29, 0.717) is 39.2 Å². The number of rotatable bonds is 4. The summed E-state index contributed by atoms with van der Waals surface area (Å²) in [5.41, 5.74) is 6.67. The number of hydrogen-bond acceptors (Lipinski definition) is 5. The highest BCUT2D eigenvalue weighted by atomic mass is 32.1. The highest BCUT2D eigenvalue weighted by molar-refractivity contribution is 7.10. The smallest absolute Gasteiger partial charge is 0.312 e. The molecule has 1 unspecified atom stereocenters. The first-order valence-corrected chi connectivity index (χ1v) is 8.30. The maximum Gasteiger partial charge on any atom is 0.312 e. The third kappa shape index (κ3) is 4.06. The average molecular weight is 325 g/mol. The van der Waals surface area contributed by atoms with E-state index in [2.05, 4.69) is 0 Å². The second-order valence-electron chi connectivity index (χ2n) is 5.51. The van der Waals surface area contributed by atoms with Crippen molar-refractivity contribution in [2.75, 3.05) is 33.3 Å². The minimum atomic E-state index is -0.471. The molecule has 122 valence electrons. The van der Waals surface area contributed by atoms with Crippen molar-refractivity contribution < 1.29 is 14.3 Å². The summed E-state index contributed by atoms with van der Waals surface area (Å²) in [5.74, 6) is -0.928. The molecule has 1 atom stereocenters. The first-order valence-electron chi connectivity index (χ1n) is 7.42. The summed E-state index contributed by atoms with van der Waals surface area (Å²) in [5, 5.41) is 1.99. The fraction of sp³-hybridized carbons (Fsp3) is 0.600. The molecule has 2 rings (SSSR count). The molecule has 2 heterocycles. The number of nitrogens with two attached hydrogens (primary N) is 1. The molecule has 22 heavy (non-hydrogen) atoms. The van der Waals surface area contributed by atoms with Crippen LogP contribution in [0.15, 0.2) is 11.4 Å². The number of ether oxygens (including phenoxy) is 1. The summed E-state index contributed by atoms with van der Waals surface area (Å²) in [7, 11) is 1.66. The van der Waals surface area contributed by atoms with Crippen LogP contribution in [0.5, 0.6) is 0 Å². The van der Waals surface area contributed by atoms with E-state index in [1.54, 1.807) is 23.3 Å². The second kappa shape index (κ2) is 7.71. The summed E-state index contributed by atoms with van der Waals surface area (Å²) >= 11 is 1.60. The molecule has 0 saturated carbocycles. The maximum absolute atomic E-state index is 12.4. The van der Waals surface area contributed by atoms with Gasteiger partial charge in [-0.05, 0) is 36.9 Å². The summed E-state index contributed by atoms with van der Waals surface area (Å²) in [6.07, 6.45) is 0.628. The fourth-order valence-corrected chi connectivity index (χ4v) is 3.37. The van der Waals surface area contributed by atoms with E-state index in [1.165, 1.54) is 4.90 Å². The lowest BCUT2D eigenvalue weighted by Crippen LogP contribution is -2.51. The molecule has 0 aliphatic carbocycles. The number of nitrogens with zero attached hydrogens (tertiary/aromatic N) is 2. The first kappa shape index (κ1) is 16.9. The van der Waals surface area contributed by atoms with Gasteiger partial charge >= 0.3 is 11.8 Å². The first-order chi connectivity index (χ1) is 10.5. The molecule has 1 aromatic heterocycles. The zero-order valence-electron chi connectivity index (χ0n) is 13.1. The van der Waals surface area contributed by atoms with Crippen molar-refractivity contribution in [3.8, 4) is 0 Å². The molecule has 7 heteroatoms. The average Bonchev–Trinajstić information content (AvgIpc) is 2.91. The molecular formula is C15H23N3O3S. The molecule has 1 saturated heterocycles. The van der Waals surface area contributed by atoms with Crippen molar-refractivity contribution in [1.82, 2.24) is 9.80 Å². The van der Waals surface area contributed by atoms with Crippen molar-refractivity contribution in [3.05, 3.63) is 21.9 Å². The maximum atomic E-state index is 12.4. The number of likely N-dealkylation sites (N-methyl/N-ethyl adjacent to an activating group) is 1. The Labute approximate surface area is 134 Å². The highest BCUT2D eigenvalue weighted by Crippen LogP contribution is 2.17. The lowest BCUT2D eigenvalue weighted by atomic mass is 10.2. The summed E-state index contributed by atoms with van der Waals surface area (Å²) < 4.78 is 5.54. The zero-order valence-corrected chi connectivity index (χ0v) is 13.9. The molecule has 2 amide bonds. The van der Waals surface area contributed by atoms with Gasteiger partial charge in [0.05, 0.1) is 19.3 Å².